The maximum absolute atomic E-state index is 5.41. The fraction of sp³-hybridized carbons (Fsp3) is 0.538. The van der Waals surface area contributed by atoms with Crippen LogP contribution in [0.1, 0.15) is 12.8 Å². The van der Waals surface area contributed by atoms with Gasteiger partial charge in [-0.15, -0.1) is 0 Å². The maximum Gasteiger partial charge on any atom is 0.169 e. The fourth-order valence-corrected chi connectivity index (χ4v) is 2.52. The van der Waals surface area contributed by atoms with E-state index in [0.717, 1.165) is 18.8 Å². The van der Waals surface area contributed by atoms with Gasteiger partial charge in [0.1, 0.15) is 5.82 Å². The van der Waals surface area contributed by atoms with Crippen LogP contribution in [0.25, 0.3) is 0 Å². The standard InChI is InChI=1S/C13H21N5S/c1-17(2)10-5-7-18(8-6-10)11-3-4-12(15-9-11)16-13(14)19/h3-4,9-10H,5-8H2,1-2H3,(H3,14,15,16,19). The summed E-state index contributed by atoms with van der Waals surface area (Å²) in [7, 11) is 4.30. The van der Waals surface area contributed by atoms with Gasteiger partial charge in [0, 0.05) is 19.1 Å². The monoisotopic (exact) mass is 279 g/mol. The first-order valence-electron chi connectivity index (χ1n) is 6.50. The number of nitrogens with two attached hydrogens (primary N) is 1. The van der Waals surface area contributed by atoms with Gasteiger partial charge in [-0.3, -0.25) is 0 Å². The highest BCUT2D eigenvalue weighted by Gasteiger charge is 2.20. The molecule has 0 spiro atoms. The van der Waals surface area contributed by atoms with E-state index in [1.807, 2.05) is 12.3 Å². The number of anilines is 2. The highest BCUT2D eigenvalue weighted by molar-refractivity contribution is 7.80. The van der Waals surface area contributed by atoms with Gasteiger partial charge >= 0.3 is 0 Å². The molecule has 0 unspecified atom stereocenters. The maximum atomic E-state index is 5.41. The number of rotatable bonds is 3. The zero-order valence-electron chi connectivity index (χ0n) is 11.5. The molecule has 0 bridgehead atoms. The van der Waals surface area contributed by atoms with Gasteiger partial charge in [-0.1, -0.05) is 0 Å². The van der Waals surface area contributed by atoms with Crippen molar-refractivity contribution in [2.24, 2.45) is 5.73 Å². The zero-order chi connectivity index (χ0) is 13.8. The normalized spacial score (nSPS) is 16.7. The molecule has 3 N–H and O–H groups in total. The minimum absolute atomic E-state index is 0.243. The smallest absolute Gasteiger partial charge is 0.169 e. The Balaban J connectivity index is 1.94. The third kappa shape index (κ3) is 3.78. The summed E-state index contributed by atoms with van der Waals surface area (Å²) in [6.45, 7) is 2.15. The van der Waals surface area contributed by atoms with Crippen molar-refractivity contribution in [1.29, 1.82) is 0 Å². The van der Waals surface area contributed by atoms with Crippen LogP contribution < -0.4 is 16.0 Å². The van der Waals surface area contributed by atoms with Gasteiger partial charge in [0.25, 0.3) is 0 Å². The van der Waals surface area contributed by atoms with E-state index in [1.54, 1.807) is 0 Å². The first-order valence-corrected chi connectivity index (χ1v) is 6.91. The van der Waals surface area contributed by atoms with Gasteiger partial charge in [-0.2, -0.15) is 0 Å². The van der Waals surface area contributed by atoms with Crippen molar-refractivity contribution >= 4 is 28.8 Å². The van der Waals surface area contributed by atoms with E-state index in [2.05, 4.69) is 40.3 Å². The van der Waals surface area contributed by atoms with Crippen LogP contribution in [0.3, 0.4) is 0 Å². The first-order chi connectivity index (χ1) is 9.06. The molecule has 5 nitrogen and oxygen atoms in total. The predicted molar refractivity (Wildman–Crippen MR) is 83.6 cm³/mol. The van der Waals surface area contributed by atoms with Crippen LogP contribution in [0, 0.1) is 0 Å². The molecular weight excluding hydrogens is 258 g/mol. The summed E-state index contributed by atoms with van der Waals surface area (Å²) >= 11 is 4.78. The SMILES string of the molecule is CN(C)C1CCN(c2ccc(NC(N)=S)nc2)CC1. The van der Waals surface area contributed by atoms with Crippen molar-refractivity contribution in [2.75, 3.05) is 37.4 Å². The lowest BCUT2D eigenvalue weighted by molar-refractivity contribution is 0.249. The minimum atomic E-state index is 0.243. The molecule has 6 heteroatoms. The second-order valence-corrected chi connectivity index (χ2v) is 5.51. The highest BCUT2D eigenvalue weighted by Crippen LogP contribution is 2.21. The molecule has 2 rings (SSSR count). The van der Waals surface area contributed by atoms with Crippen LogP contribution in [-0.2, 0) is 0 Å². The molecule has 1 aliphatic heterocycles. The van der Waals surface area contributed by atoms with E-state index in [0.29, 0.717) is 11.9 Å². The van der Waals surface area contributed by atoms with Crippen LogP contribution in [-0.4, -0.2) is 48.2 Å². The molecule has 0 atom stereocenters. The van der Waals surface area contributed by atoms with Gasteiger partial charge in [-0.25, -0.2) is 4.98 Å². The summed E-state index contributed by atoms with van der Waals surface area (Å²) in [5.41, 5.74) is 6.57. The number of nitrogens with one attached hydrogen (secondary N) is 1. The van der Waals surface area contributed by atoms with Gasteiger partial charge in [0.15, 0.2) is 5.11 Å². The van der Waals surface area contributed by atoms with Crippen molar-refractivity contribution in [3.63, 3.8) is 0 Å². The second kappa shape index (κ2) is 6.16. The topological polar surface area (TPSA) is 57.4 Å². The minimum Gasteiger partial charge on any atom is -0.376 e. The Morgan fingerprint density at radius 3 is 2.58 bits per heavy atom. The van der Waals surface area contributed by atoms with Crippen LogP contribution in [0.15, 0.2) is 18.3 Å². The van der Waals surface area contributed by atoms with Crippen LogP contribution in [0.4, 0.5) is 11.5 Å². The molecule has 0 aromatic carbocycles. The molecule has 1 fully saturated rings. The number of nitrogens with zero attached hydrogens (tertiary/aromatic N) is 3. The average Bonchev–Trinajstić information content (AvgIpc) is 2.39. The van der Waals surface area contributed by atoms with Crippen molar-refractivity contribution in [2.45, 2.75) is 18.9 Å². The summed E-state index contributed by atoms with van der Waals surface area (Å²) in [5.74, 6) is 0.694. The molecule has 1 aliphatic rings. The number of thiocarbonyl (C=S) groups is 1. The summed E-state index contributed by atoms with van der Waals surface area (Å²) in [4.78, 5) is 9.00. The number of aromatic nitrogens is 1. The Hall–Kier alpha value is -1.40. The van der Waals surface area contributed by atoms with Gasteiger partial charge < -0.3 is 20.9 Å². The Labute approximate surface area is 119 Å². The molecule has 1 aromatic rings. The van der Waals surface area contributed by atoms with Crippen molar-refractivity contribution in [1.82, 2.24) is 9.88 Å². The Morgan fingerprint density at radius 1 is 1.42 bits per heavy atom. The molecule has 1 saturated heterocycles. The number of hydrogen-bond acceptors (Lipinski definition) is 4. The van der Waals surface area contributed by atoms with E-state index in [-0.39, 0.29) is 5.11 Å². The lowest BCUT2D eigenvalue weighted by Gasteiger charge is -2.36. The summed E-state index contributed by atoms with van der Waals surface area (Å²) in [6.07, 6.45) is 4.26. The highest BCUT2D eigenvalue weighted by atomic mass is 32.1. The third-order valence-electron chi connectivity index (χ3n) is 3.56. The molecule has 0 amide bonds. The molecular formula is C13H21N5S. The van der Waals surface area contributed by atoms with Crippen LogP contribution in [0.5, 0.6) is 0 Å². The van der Waals surface area contributed by atoms with E-state index in [1.165, 1.54) is 12.8 Å². The molecule has 2 heterocycles. The molecule has 0 saturated carbocycles. The van der Waals surface area contributed by atoms with Crippen molar-refractivity contribution in [3.05, 3.63) is 18.3 Å². The first kappa shape index (κ1) is 14.0. The van der Waals surface area contributed by atoms with E-state index in [4.69, 9.17) is 18.0 Å². The largest absolute Gasteiger partial charge is 0.376 e. The van der Waals surface area contributed by atoms with Crippen LogP contribution in [0.2, 0.25) is 0 Å². The number of pyridine rings is 1. The third-order valence-corrected chi connectivity index (χ3v) is 3.66. The lowest BCUT2D eigenvalue weighted by Crippen LogP contribution is -2.42. The fourth-order valence-electron chi connectivity index (χ4n) is 2.41. The van der Waals surface area contributed by atoms with Gasteiger partial charge in [0.2, 0.25) is 0 Å². The lowest BCUT2D eigenvalue weighted by atomic mass is 10.0. The Bertz CT molecular complexity index is 423. The Morgan fingerprint density at radius 2 is 2.11 bits per heavy atom. The summed E-state index contributed by atoms with van der Waals surface area (Å²) in [5, 5.41) is 3.07. The number of piperidine rings is 1. The van der Waals surface area contributed by atoms with Crippen LogP contribution >= 0.6 is 12.2 Å². The van der Waals surface area contributed by atoms with E-state index < -0.39 is 0 Å². The van der Waals surface area contributed by atoms with Gasteiger partial charge in [-0.05, 0) is 51.3 Å². The predicted octanol–water partition coefficient (Wildman–Crippen LogP) is 1.27. The molecule has 0 aliphatic carbocycles. The molecule has 104 valence electrons. The molecule has 1 aromatic heterocycles. The van der Waals surface area contributed by atoms with E-state index in [9.17, 15) is 0 Å². The number of hydrogen-bond donors (Lipinski definition) is 2. The van der Waals surface area contributed by atoms with E-state index >= 15 is 0 Å². The molecule has 19 heavy (non-hydrogen) atoms. The summed E-state index contributed by atoms with van der Waals surface area (Å²) in [6, 6.07) is 4.66. The zero-order valence-corrected chi connectivity index (χ0v) is 12.3. The van der Waals surface area contributed by atoms with Crippen molar-refractivity contribution < 1.29 is 0 Å². The van der Waals surface area contributed by atoms with Crippen molar-refractivity contribution in [3.8, 4) is 0 Å². The average molecular weight is 279 g/mol. The summed E-state index contributed by atoms with van der Waals surface area (Å²) < 4.78 is 0. The second-order valence-electron chi connectivity index (χ2n) is 5.07. The molecule has 0 radical (unpaired) electrons. The Kier molecular flexibility index (Phi) is 4.55. The quantitative estimate of drug-likeness (QED) is 0.813. The van der Waals surface area contributed by atoms with Gasteiger partial charge in [0.05, 0.1) is 11.9 Å².